The SMILES string of the molecule is COc1ccc(CN2CCN(Cc3cc(F)ccc3F)CC2)cn1. The monoisotopic (exact) mass is 333 g/mol. The van der Waals surface area contributed by atoms with E-state index in [1.54, 1.807) is 7.11 Å². The highest BCUT2D eigenvalue weighted by Crippen LogP contribution is 2.15. The topological polar surface area (TPSA) is 28.6 Å². The van der Waals surface area contributed by atoms with Crippen molar-refractivity contribution in [2.45, 2.75) is 13.1 Å². The van der Waals surface area contributed by atoms with Crippen LogP contribution in [-0.2, 0) is 13.1 Å². The molecule has 0 unspecified atom stereocenters. The van der Waals surface area contributed by atoms with Crippen molar-refractivity contribution in [3.63, 3.8) is 0 Å². The third-order valence-electron chi connectivity index (χ3n) is 4.28. The van der Waals surface area contributed by atoms with Crippen LogP contribution in [0.25, 0.3) is 0 Å². The molecule has 0 amide bonds. The lowest BCUT2D eigenvalue weighted by atomic mass is 10.1. The third-order valence-corrected chi connectivity index (χ3v) is 4.28. The van der Waals surface area contributed by atoms with E-state index in [4.69, 9.17) is 4.74 Å². The van der Waals surface area contributed by atoms with Gasteiger partial charge in [-0.1, -0.05) is 6.07 Å². The summed E-state index contributed by atoms with van der Waals surface area (Å²) < 4.78 is 32.0. The molecule has 0 N–H and O–H groups in total. The minimum absolute atomic E-state index is 0.344. The smallest absolute Gasteiger partial charge is 0.212 e. The Morgan fingerprint density at radius 2 is 1.71 bits per heavy atom. The Bertz CT molecular complexity index is 670. The van der Waals surface area contributed by atoms with Crippen molar-refractivity contribution in [3.8, 4) is 5.88 Å². The lowest BCUT2D eigenvalue weighted by Crippen LogP contribution is -2.45. The predicted molar refractivity (Wildman–Crippen MR) is 87.7 cm³/mol. The first-order valence-electron chi connectivity index (χ1n) is 8.01. The van der Waals surface area contributed by atoms with Crippen LogP contribution in [0.1, 0.15) is 11.1 Å². The van der Waals surface area contributed by atoms with Crippen molar-refractivity contribution in [1.82, 2.24) is 14.8 Å². The molecule has 1 aliphatic rings. The van der Waals surface area contributed by atoms with Crippen LogP contribution in [0.15, 0.2) is 36.5 Å². The van der Waals surface area contributed by atoms with Gasteiger partial charge in [-0.15, -0.1) is 0 Å². The average Bonchev–Trinajstić information content (AvgIpc) is 2.60. The molecule has 0 aliphatic carbocycles. The Hall–Kier alpha value is -2.05. The van der Waals surface area contributed by atoms with Crippen LogP contribution in [0.5, 0.6) is 5.88 Å². The van der Waals surface area contributed by atoms with E-state index in [9.17, 15) is 8.78 Å². The first-order valence-corrected chi connectivity index (χ1v) is 8.01. The number of hydrogen-bond acceptors (Lipinski definition) is 4. The number of methoxy groups -OCH3 is 1. The lowest BCUT2D eigenvalue weighted by Gasteiger charge is -2.34. The number of ether oxygens (including phenoxy) is 1. The van der Waals surface area contributed by atoms with Crippen LogP contribution < -0.4 is 4.74 Å². The molecule has 1 saturated heterocycles. The second-order valence-electron chi connectivity index (χ2n) is 6.00. The summed E-state index contributed by atoms with van der Waals surface area (Å²) in [5.41, 5.74) is 1.56. The van der Waals surface area contributed by atoms with Crippen LogP contribution in [0, 0.1) is 11.6 Å². The minimum atomic E-state index is -0.392. The molecular weight excluding hydrogens is 312 g/mol. The predicted octanol–water partition coefficient (Wildman–Crippen LogP) is 2.69. The minimum Gasteiger partial charge on any atom is -0.481 e. The highest BCUT2D eigenvalue weighted by atomic mass is 19.1. The summed E-state index contributed by atoms with van der Waals surface area (Å²) in [7, 11) is 1.60. The zero-order chi connectivity index (χ0) is 16.9. The van der Waals surface area contributed by atoms with Crippen LogP contribution in [-0.4, -0.2) is 48.1 Å². The molecule has 128 valence electrons. The third kappa shape index (κ3) is 4.27. The molecule has 4 nitrogen and oxygen atoms in total. The van der Waals surface area contributed by atoms with Crippen molar-refractivity contribution >= 4 is 0 Å². The standard InChI is InChI=1S/C18H21F2N3O/c1-24-18-5-2-14(11-21-18)12-22-6-8-23(9-7-22)13-15-10-16(19)3-4-17(15)20/h2-5,10-11H,6-9,12-13H2,1H3. The summed E-state index contributed by atoms with van der Waals surface area (Å²) >= 11 is 0. The number of aromatic nitrogens is 1. The van der Waals surface area contributed by atoms with Gasteiger partial charge in [0.2, 0.25) is 5.88 Å². The quantitative estimate of drug-likeness (QED) is 0.841. The number of halogens is 2. The van der Waals surface area contributed by atoms with E-state index in [2.05, 4.69) is 14.8 Å². The van der Waals surface area contributed by atoms with Gasteiger partial charge in [-0.3, -0.25) is 9.80 Å². The molecule has 1 aromatic heterocycles. The molecule has 0 spiro atoms. The number of pyridine rings is 1. The fourth-order valence-corrected chi connectivity index (χ4v) is 2.89. The fraction of sp³-hybridized carbons (Fsp3) is 0.389. The molecule has 1 fully saturated rings. The summed E-state index contributed by atoms with van der Waals surface area (Å²) in [6.45, 7) is 4.73. The van der Waals surface area contributed by atoms with Crippen LogP contribution in [0.2, 0.25) is 0 Å². The van der Waals surface area contributed by atoms with Crippen LogP contribution in [0.4, 0.5) is 8.78 Å². The summed E-state index contributed by atoms with van der Waals surface area (Å²) in [6, 6.07) is 7.50. The maximum Gasteiger partial charge on any atom is 0.212 e. The summed E-state index contributed by atoms with van der Waals surface area (Å²) in [5, 5.41) is 0. The van der Waals surface area contributed by atoms with Gasteiger partial charge in [0.25, 0.3) is 0 Å². The van der Waals surface area contributed by atoms with Gasteiger partial charge in [0.1, 0.15) is 11.6 Å². The summed E-state index contributed by atoms with van der Waals surface area (Å²) in [6.07, 6.45) is 1.83. The van der Waals surface area contributed by atoms with E-state index >= 15 is 0 Å². The highest BCUT2D eigenvalue weighted by molar-refractivity contribution is 5.19. The number of hydrogen-bond donors (Lipinski definition) is 0. The van der Waals surface area contributed by atoms with Crippen molar-refractivity contribution in [1.29, 1.82) is 0 Å². The molecule has 2 aromatic rings. The van der Waals surface area contributed by atoms with Gasteiger partial charge < -0.3 is 4.74 Å². The first kappa shape index (κ1) is 16.8. The maximum absolute atomic E-state index is 13.7. The maximum atomic E-state index is 13.7. The van der Waals surface area contributed by atoms with Gasteiger partial charge in [-0.05, 0) is 23.8 Å². The van der Waals surface area contributed by atoms with Crippen molar-refractivity contribution in [3.05, 3.63) is 59.3 Å². The Balaban J connectivity index is 1.51. The zero-order valence-corrected chi connectivity index (χ0v) is 13.7. The van der Waals surface area contributed by atoms with E-state index in [0.29, 0.717) is 18.0 Å². The average molecular weight is 333 g/mol. The second kappa shape index (κ2) is 7.68. The Morgan fingerprint density at radius 1 is 1.00 bits per heavy atom. The van der Waals surface area contributed by atoms with Crippen molar-refractivity contribution in [2.24, 2.45) is 0 Å². The van der Waals surface area contributed by atoms with Crippen molar-refractivity contribution < 1.29 is 13.5 Å². The molecule has 1 aromatic carbocycles. The zero-order valence-electron chi connectivity index (χ0n) is 13.7. The normalized spacial score (nSPS) is 16.3. The van der Waals surface area contributed by atoms with Gasteiger partial charge in [0.15, 0.2) is 0 Å². The van der Waals surface area contributed by atoms with Gasteiger partial charge in [-0.2, -0.15) is 0 Å². The van der Waals surface area contributed by atoms with E-state index in [0.717, 1.165) is 44.4 Å². The molecule has 1 aliphatic heterocycles. The summed E-state index contributed by atoms with van der Waals surface area (Å²) in [4.78, 5) is 8.70. The first-order chi connectivity index (χ1) is 11.6. The summed E-state index contributed by atoms with van der Waals surface area (Å²) in [5.74, 6) is -0.124. The second-order valence-corrected chi connectivity index (χ2v) is 6.00. The number of piperazine rings is 1. The Kier molecular flexibility index (Phi) is 5.37. The molecular formula is C18H21F2N3O. The molecule has 0 bridgehead atoms. The molecule has 2 heterocycles. The molecule has 0 atom stereocenters. The highest BCUT2D eigenvalue weighted by Gasteiger charge is 2.18. The van der Waals surface area contributed by atoms with Gasteiger partial charge in [0, 0.05) is 57.1 Å². The molecule has 24 heavy (non-hydrogen) atoms. The van der Waals surface area contributed by atoms with Crippen molar-refractivity contribution in [2.75, 3.05) is 33.3 Å². The van der Waals surface area contributed by atoms with Crippen LogP contribution >= 0.6 is 0 Å². The van der Waals surface area contributed by atoms with E-state index < -0.39 is 5.82 Å². The van der Waals surface area contributed by atoms with E-state index in [1.165, 1.54) is 12.1 Å². The molecule has 3 rings (SSSR count). The molecule has 6 heteroatoms. The number of nitrogens with zero attached hydrogens (tertiary/aromatic N) is 3. The largest absolute Gasteiger partial charge is 0.481 e. The van der Waals surface area contributed by atoms with E-state index in [1.807, 2.05) is 18.3 Å². The number of benzene rings is 1. The fourth-order valence-electron chi connectivity index (χ4n) is 2.89. The number of rotatable bonds is 5. The Labute approximate surface area is 140 Å². The molecule has 0 radical (unpaired) electrons. The van der Waals surface area contributed by atoms with Gasteiger partial charge >= 0.3 is 0 Å². The van der Waals surface area contributed by atoms with Gasteiger partial charge in [0.05, 0.1) is 7.11 Å². The van der Waals surface area contributed by atoms with Gasteiger partial charge in [-0.25, -0.2) is 13.8 Å². The van der Waals surface area contributed by atoms with Crippen LogP contribution in [0.3, 0.4) is 0 Å². The lowest BCUT2D eigenvalue weighted by molar-refractivity contribution is 0.121. The Morgan fingerprint density at radius 3 is 2.33 bits per heavy atom. The van der Waals surface area contributed by atoms with E-state index in [-0.39, 0.29) is 5.82 Å². The molecule has 0 saturated carbocycles.